The highest BCUT2D eigenvalue weighted by Crippen LogP contribution is 2.38. The van der Waals surface area contributed by atoms with Gasteiger partial charge in [-0.15, -0.1) is 0 Å². The Labute approximate surface area is 157 Å². The molecule has 0 bridgehead atoms. The Morgan fingerprint density at radius 3 is 2.30 bits per heavy atom. The molecule has 2 atom stereocenters. The fraction of sp³-hybridized carbons (Fsp3) is 0.227. The predicted octanol–water partition coefficient (Wildman–Crippen LogP) is 3.67. The van der Waals surface area contributed by atoms with E-state index in [0.717, 1.165) is 5.56 Å². The van der Waals surface area contributed by atoms with E-state index in [2.05, 4.69) is 0 Å². The van der Waals surface area contributed by atoms with Crippen molar-refractivity contribution in [1.82, 2.24) is 0 Å². The van der Waals surface area contributed by atoms with E-state index in [1.54, 1.807) is 36.4 Å². The SMILES string of the molecule is Cc1ccccc1C(=O)Oc1cccc(N2C(=O)[C@H]3CC=CC[C@H]3C2=O)c1. The number of hydrogen-bond acceptors (Lipinski definition) is 4. The van der Waals surface area contributed by atoms with Crippen molar-refractivity contribution in [2.45, 2.75) is 19.8 Å². The lowest BCUT2D eigenvalue weighted by Gasteiger charge is -2.16. The molecule has 1 aliphatic carbocycles. The first kappa shape index (κ1) is 17.2. The van der Waals surface area contributed by atoms with Crippen molar-refractivity contribution >= 4 is 23.5 Å². The molecule has 1 aliphatic heterocycles. The Morgan fingerprint density at radius 1 is 0.963 bits per heavy atom. The fourth-order valence-electron chi connectivity index (χ4n) is 3.70. The third-order valence-electron chi connectivity index (χ3n) is 5.16. The molecule has 5 heteroatoms. The molecule has 0 saturated carbocycles. The quantitative estimate of drug-likeness (QED) is 0.362. The number of benzene rings is 2. The number of fused-ring (bicyclic) bond motifs is 1. The summed E-state index contributed by atoms with van der Waals surface area (Å²) in [6.07, 6.45) is 5.09. The number of nitrogens with zero attached hydrogens (tertiary/aromatic N) is 1. The molecule has 5 nitrogen and oxygen atoms in total. The van der Waals surface area contributed by atoms with Crippen molar-refractivity contribution in [2.75, 3.05) is 4.90 Å². The second-order valence-electron chi connectivity index (χ2n) is 6.87. The summed E-state index contributed by atoms with van der Waals surface area (Å²) in [5.74, 6) is -1.12. The largest absolute Gasteiger partial charge is 0.423 e. The average molecular weight is 361 g/mol. The van der Waals surface area contributed by atoms with Crippen LogP contribution in [0.1, 0.15) is 28.8 Å². The number of anilines is 1. The van der Waals surface area contributed by atoms with Gasteiger partial charge in [-0.05, 0) is 43.5 Å². The first-order chi connectivity index (χ1) is 13.1. The maximum absolute atomic E-state index is 12.7. The van der Waals surface area contributed by atoms with Gasteiger partial charge in [0.25, 0.3) is 0 Å². The number of rotatable bonds is 3. The molecule has 0 radical (unpaired) electrons. The highest BCUT2D eigenvalue weighted by molar-refractivity contribution is 6.22. The van der Waals surface area contributed by atoms with Crippen molar-refractivity contribution < 1.29 is 19.1 Å². The molecule has 1 saturated heterocycles. The second-order valence-corrected chi connectivity index (χ2v) is 6.87. The summed E-state index contributed by atoms with van der Waals surface area (Å²) >= 11 is 0. The minimum atomic E-state index is -0.470. The first-order valence-electron chi connectivity index (χ1n) is 8.97. The van der Waals surface area contributed by atoms with E-state index in [0.29, 0.717) is 29.8 Å². The van der Waals surface area contributed by atoms with Gasteiger partial charge in [0.2, 0.25) is 11.8 Å². The molecular formula is C22H19NO4. The minimum absolute atomic E-state index is 0.184. The zero-order valence-corrected chi connectivity index (χ0v) is 14.9. The van der Waals surface area contributed by atoms with E-state index in [1.807, 2.05) is 31.2 Å². The van der Waals surface area contributed by atoms with E-state index in [4.69, 9.17) is 4.74 Å². The number of carbonyl (C=O) groups excluding carboxylic acids is 3. The summed E-state index contributed by atoms with van der Waals surface area (Å²) in [7, 11) is 0. The van der Waals surface area contributed by atoms with Crippen LogP contribution in [0.5, 0.6) is 5.75 Å². The normalized spacial score (nSPS) is 21.3. The minimum Gasteiger partial charge on any atom is -0.423 e. The predicted molar refractivity (Wildman–Crippen MR) is 100 cm³/mol. The van der Waals surface area contributed by atoms with Gasteiger partial charge in [0.1, 0.15) is 5.75 Å². The lowest BCUT2D eigenvalue weighted by molar-refractivity contribution is -0.122. The highest BCUT2D eigenvalue weighted by Gasteiger charge is 2.47. The van der Waals surface area contributed by atoms with Crippen LogP contribution >= 0.6 is 0 Å². The Kier molecular flexibility index (Phi) is 4.36. The second kappa shape index (κ2) is 6.83. The molecule has 1 fully saturated rings. The van der Waals surface area contributed by atoms with Gasteiger partial charge in [-0.3, -0.25) is 9.59 Å². The van der Waals surface area contributed by atoms with Gasteiger partial charge in [0.05, 0.1) is 23.1 Å². The summed E-state index contributed by atoms with van der Waals surface area (Å²) in [5.41, 5.74) is 1.74. The molecule has 0 unspecified atom stereocenters. The van der Waals surface area contributed by atoms with Crippen LogP contribution in [0.2, 0.25) is 0 Å². The van der Waals surface area contributed by atoms with Crippen LogP contribution in [-0.4, -0.2) is 17.8 Å². The zero-order valence-electron chi connectivity index (χ0n) is 14.9. The Hall–Kier alpha value is -3.21. The molecule has 1 heterocycles. The lowest BCUT2D eigenvalue weighted by Crippen LogP contribution is -2.30. The third-order valence-corrected chi connectivity index (χ3v) is 5.16. The summed E-state index contributed by atoms with van der Waals surface area (Å²) in [5, 5.41) is 0. The maximum Gasteiger partial charge on any atom is 0.343 e. The van der Waals surface area contributed by atoms with Gasteiger partial charge >= 0.3 is 5.97 Å². The summed E-state index contributed by atoms with van der Waals surface area (Å²) in [6, 6.07) is 13.7. The molecule has 2 aliphatic rings. The molecule has 0 N–H and O–H groups in total. The number of imide groups is 1. The van der Waals surface area contributed by atoms with Crippen LogP contribution in [0.15, 0.2) is 60.7 Å². The third kappa shape index (κ3) is 3.05. The van der Waals surface area contributed by atoms with Crippen molar-refractivity contribution in [3.63, 3.8) is 0 Å². The van der Waals surface area contributed by atoms with Crippen LogP contribution in [-0.2, 0) is 9.59 Å². The zero-order chi connectivity index (χ0) is 19.0. The van der Waals surface area contributed by atoms with Crippen LogP contribution < -0.4 is 9.64 Å². The topological polar surface area (TPSA) is 63.7 Å². The summed E-state index contributed by atoms with van der Waals surface area (Å²) in [6.45, 7) is 1.84. The lowest BCUT2D eigenvalue weighted by atomic mass is 9.85. The first-order valence-corrected chi connectivity index (χ1v) is 8.97. The van der Waals surface area contributed by atoms with Crippen LogP contribution in [0.3, 0.4) is 0 Å². The standard InChI is InChI=1S/C22H19NO4/c1-14-7-2-3-10-17(14)22(26)27-16-9-6-8-15(13-16)23-20(24)18-11-4-5-12-19(18)21(23)25/h2-10,13,18-19H,11-12H2,1H3/t18-,19+. The Bertz CT molecular complexity index is 936. The molecule has 2 amide bonds. The van der Waals surface area contributed by atoms with Crippen molar-refractivity contribution in [1.29, 1.82) is 0 Å². The number of amides is 2. The molecule has 0 aromatic heterocycles. The number of allylic oxidation sites excluding steroid dienone is 2. The van der Waals surface area contributed by atoms with Crippen molar-refractivity contribution in [3.8, 4) is 5.75 Å². The number of hydrogen-bond donors (Lipinski definition) is 0. The highest BCUT2D eigenvalue weighted by atomic mass is 16.5. The van der Waals surface area contributed by atoms with Crippen LogP contribution in [0.4, 0.5) is 5.69 Å². The van der Waals surface area contributed by atoms with Gasteiger partial charge in [-0.25, -0.2) is 9.69 Å². The monoisotopic (exact) mass is 361 g/mol. The van der Waals surface area contributed by atoms with Gasteiger partial charge in [0.15, 0.2) is 0 Å². The van der Waals surface area contributed by atoms with Gasteiger partial charge in [-0.2, -0.15) is 0 Å². The molecule has 0 spiro atoms. The molecular weight excluding hydrogens is 342 g/mol. The van der Waals surface area contributed by atoms with Crippen molar-refractivity contribution in [2.24, 2.45) is 11.8 Å². The van der Waals surface area contributed by atoms with Gasteiger partial charge < -0.3 is 4.74 Å². The van der Waals surface area contributed by atoms with E-state index in [-0.39, 0.29) is 23.7 Å². The molecule has 27 heavy (non-hydrogen) atoms. The summed E-state index contributed by atoms with van der Waals surface area (Å²) < 4.78 is 5.47. The van der Waals surface area contributed by atoms with Crippen LogP contribution in [0.25, 0.3) is 0 Å². The van der Waals surface area contributed by atoms with Crippen molar-refractivity contribution in [3.05, 3.63) is 71.8 Å². The summed E-state index contributed by atoms with van der Waals surface area (Å²) in [4.78, 5) is 39.1. The van der Waals surface area contributed by atoms with E-state index in [9.17, 15) is 14.4 Å². The molecule has 2 aromatic carbocycles. The average Bonchev–Trinajstić information content (AvgIpc) is 2.93. The molecule has 136 valence electrons. The van der Waals surface area contributed by atoms with E-state index < -0.39 is 5.97 Å². The molecule has 4 rings (SSSR count). The number of aryl methyl sites for hydroxylation is 1. The van der Waals surface area contributed by atoms with Crippen LogP contribution in [0, 0.1) is 18.8 Å². The fourth-order valence-corrected chi connectivity index (χ4v) is 3.70. The molecule has 2 aromatic rings. The van der Waals surface area contributed by atoms with Gasteiger partial charge in [-0.1, -0.05) is 36.4 Å². The Balaban J connectivity index is 1.58. The smallest absolute Gasteiger partial charge is 0.343 e. The number of carbonyl (C=O) groups is 3. The van der Waals surface area contributed by atoms with Gasteiger partial charge in [0, 0.05) is 6.07 Å². The maximum atomic E-state index is 12.7. The van der Waals surface area contributed by atoms with E-state index in [1.165, 1.54) is 4.90 Å². The Morgan fingerprint density at radius 2 is 1.63 bits per heavy atom. The van der Waals surface area contributed by atoms with E-state index >= 15 is 0 Å². The number of ether oxygens (including phenoxy) is 1. The number of esters is 1.